The van der Waals surface area contributed by atoms with E-state index in [-0.39, 0.29) is 11.2 Å². The van der Waals surface area contributed by atoms with Crippen molar-refractivity contribution in [3.8, 4) is 6.07 Å². The summed E-state index contributed by atoms with van der Waals surface area (Å²) < 4.78 is 30.5. The molecular formula is C23H26N2O4S2. The molecule has 2 bridgehead atoms. The lowest BCUT2D eigenvalue weighted by Gasteiger charge is -2.39. The third kappa shape index (κ3) is 3.73. The number of rotatable bonds is 5. The van der Waals surface area contributed by atoms with Crippen LogP contribution in [0.2, 0.25) is 0 Å². The molecule has 0 saturated heterocycles. The van der Waals surface area contributed by atoms with Crippen LogP contribution in [-0.2, 0) is 14.4 Å². The summed E-state index contributed by atoms with van der Waals surface area (Å²) in [5, 5.41) is 24.5. The molecule has 1 aliphatic heterocycles. The van der Waals surface area contributed by atoms with Crippen molar-refractivity contribution in [3.63, 3.8) is 0 Å². The maximum Gasteiger partial charge on any atom is 0.329 e. The van der Waals surface area contributed by atoms with Crippen LogP contribution in [0.4, 0.5) is 0 Å². The molecule has 0 amide bonds. The van der Waals surface area contributed by atoms with Gasteiger partial charge in [0.25, 0.3) is 0 Å². The third-order valence-corrected chi connectivity index (χ3v) is 9.58. The van der Waals surface area contributed by atoms with Gasteiger partial charge in [-0.3, -0.25) is 4.28 Å². The van der Waals surface area contributed by atoms with E-state index in [9.17, 15) is 18.8 Å². The summed E-state index contributed by atoms with van der Waals surface area (Å²) in [5.41, 5.74) is 1.37. The number of benzene rings is 1. The molecule has 2 saturated carbocycles. The minimum Gasteiger partial charge on any atom is -0.392 e. The Labute approximate surface area is 187 Å². The van der Waals surface area contributed by atoms with Crippen molar-refractivity contribution in [2.45, 2.75) is 46.1 Å². The van der Waals surface area contributed by atoms with Gasteiger partial charge >= 0.3 is 10.1 Å². The van der Waals surface area contributed by atoms with Crippen molar-refractivity contribution in [2.24, 2.45) is 21.9 Å². The summed E-state index contributed by atoms with van der Waals surface area (Å²) >= 11 is 1.20. The fraction of sp³-hybridized carbons (Fsp3) is 0.478. The highest BCUT2D eigenvalue weighted by molar-refractivity contribution is 8.18. The lowest BCUT2D eigenvalue weighted by Crippen LogP contribution is -2.44. The Hall–Kier alpha value is -2.08. The smallest absolute Gasteiger partial charge is 0.329 e. The van der Waals surface area contributed by atoms with E-state index < -0.39 is 21.6 Å². The number of nitrogens with zero attached hydrogens (tertiary/aromatic N) is 2. The molecular weight excluding hydrogens is 432 g/mol. The molecule has 3 atom stereocenters. The Morgan fingerprint density at radius 1 is 1.35 bits per heavy atom. The maximum absolute atomic E-state index is 12.8. The van der Waals surface area contributed by atoms with E-state index in [1.807, 2.05) is 45.0 Å². The molecule has 164 valence electrons. The molecule has 0 spiro atoms. The average molecular weight is 459 g/mol. The van der Waals surface area contributed by atoms with Gasteiger partial charge in [-0.05, 0) is 60.8 Å². The highest BCUT2D eigenvalue weighted by Crippen LogP contribution is 2.66. The Bertz CT molecular complexity index is 1140. The van der Waals surface area contributed by atoms with E-state index in [0.717, 1.165) is 17.5 Å². The van der Waals surface area contributed by atoms with Crippen molar-refractivity contribution >= 4 is 32.5 Å². The molecule has 4 rings (SSSR count). The van der Waals surface area contributed by atoms with Gasteiger partial charge in [-0.15, -0.1) is 0 Å². The van der Waals surface area contributed by atoms with E-state index >= 15 is 0 Å². The highest BCUT2D eigenvalue weighted by Gasteiger charge is 2.65. The topological polar surface area (TPSA) is 99.8 Å². The van der Waals surface area contributed by atoms with Gasteiger partial charge < -0.3 is 5.11 Å². The van der Waals surface area contributed by atoms with Crippen molar-refractivity contribution in [1.29, 1.82) is 5.26 Å². The van der Waals surface area contributed by atoms with Crippen molar-refractivity contribution in [1.82, 2.24) is 0 Å². The van der Waals surface area contributed by atoms with Gasteiger partial charge in [0.15, 0.2) is 0 Å². The lowest BCUT2D eigenvalue weighted by atomic mass is 9.70. The zero-order chi connectivity index (χ0) is 22.4. The second kappa shape index (κ2) is 7.80. The van der Waals surface area contributed by atoms with Gasteiger partial charge in [0, 0.05) is 10.3 Å². The Morgan fingerprint density at radius 3 is 2.71 bits per heavy atom. The summed E-state index contributed by atoms with van der Waals surface area (Å²) in [6, 6.07) is 9.85. The van der Waals surface area contributed by atoms with Crippen LogP contribution >= 0.6 is 11.8 Å². The molecule has 1 N–H and O–H groups in total. The molecule has 6 nitrogen and oxygen atoms in total. The molecule has 1 aromatic carbocycles. The van der Waals surface area contributed by atoms with E-state index in [0.29, 0.717) is 34.3 Å². The summed E-state index contributed by atoms with van der Waals surface area (Å²) in [4.78, 5) is 0.695. The molecule has 31 heavy (non-hydrogen) atoms. The zero-order valence-electron chi connectivity index (χ0n) is 17.8. The molecule has 2 fully saturated rings. The van der Waals surface area contributed by atoms with E-state index in [4.69, 9.17) is 4.28 Å². The lowest BCUT2D eigenvalue weighted by molar-refractivity contribution is 0.0136. The van der Waals surface area contributed by atoms with Crippen LogP contribution in [-0.4, -0.2) is 30.4 Å². The highest BCUT2D eigenvalue weighted by atomic mass is 32.2. The van der Waals surface area contributed by atoms with Crippen LogP contribution in [0.15, 0.2) is 46.5 Å². The van der Waals surface area contributed by atoms with Gasteiger partial charge in [-0.1, -0.05) is 55.0 Å². The molecule has 8 heteroatoms. The molecule has 1 heterocycles. The number of nitriles is 1. The fourth-order valence-corrected chi connectivity index (χ4v) is 7.89. The second-order valence-electron chi connectivity index (χ2n) is 9.17. The number of aliphatic hydroxyl groups is 1. The number of thioether (sulfide) groups is 1. The normalized spacial score (nSPS) is 31.8. The van der Waals surface area contributed by atoms with Crippen molar-refractivity contribution < 1.29 is 17.8 Å². The number of aryl methyl sites for hydroxylation is 1. The van der Waals surface area contributed by atoms with Crippen LogP contribution in [0.5, 0.6) is 0 Å². The van der Waals surface area contributed by atoms with Crippen LogP contribution in [0.1, 0.15) is 44.2 Å². The number of allylic oxidation sites excluding steroid dienone is 2. The fourth-order valence-electron chi connectivity index (χ4n) is 5.43. The summed E-state index contributed by atoms with van der Waals surface area (Å²) in [7, 11) is -3.98. The quantitative estimate of drug-likeness (QED) is 0.519. The number of oxime groups is 1. The predicted molar refractivity (Wildman–Crippen MR) is 122 cm³/mol. The molecule has 1 aromatic rings. The number of fused-ring (bicyclic) bond motifs is 2. The summed E-state index contributed by atoms with van der Waals surface area (Å²) in [6.45, 7) is 6.03. The summed E-state index contributed by atoms with van der Waals surface area (Å²) in [6.07, 6.45) is 4.98. The first kappa shape index (κ1) is 22.1. The Kier molecular flexibility index (Phi) is 5.57. The van der Waals surface area contributed by atoms with Gasteiger partial charge in [0.2, 0.25) is 0 Å². The van der Waals surface area contributed by atoms with Crippen LogP contribution < -0.4 is 0 Å². The first-order valence-electron chi connectivity index (χ1n) is 10.3. The van der Waals surface area contributed by atoms with Crippen LogP contribution in [0, 0.1) is 35.0 Å². The Morgan fingerprint density at radius 2 is 2.10 bits per heavy atom. The van der Waals surface area contributed by atoms with E-state index in [1.54, 1.807) is 12.2 Å². The van der Waals surface area contributed by atoms with Crippen LogP contribution in [0.25, 0.3) is 5.57 Å². The molecule has 2 aliphatic carbocycles. The Balaban J connectivity index is 1.51. The second-order valence-corrected chi connectivity index (χ2v) is 11.8. The minimum atomic E-state index is -3.98. The standard InChI is InChI=1S/C23H26N2O4S2/c1-15-6-4-5-7-17(15)18(13-24)19-8-9-21(30-19)25-29-31(27,28)14-23-11-10-16(12-20(23)26)22(23,2)3/h4-9,16,20,26H,10-12,14H2,1-3H3/b19-18+,25-21?. The first-order valence-corrected chi connectivity index (χ1v) is 12.7. The first-order chi connectivity index (χ1) is 14.6. The van der Waals surface area contributed by atoms with Gasteiger partial charge in [-0.2, -0.15) is 13.7 Å². The molecule has 0 aromatic heterocycles. The minimum absolute atomic E-state index is 0.245. The molecule has 3 unspecified atom stereocenters. The van der Waals surface area contributed by atoms with Crippen molar-refractivity contribution in [3.05, 3.63) is 52.4 Å². The van der Waals surface area contributed by atoms with E-state index in [2.05, 4.69) is 11.2 Å². The molecule has 3 aliphatic rings. The largest absolute Gasteiger partial charge is 0.392 e. The SMILES string of the molecule is Cc1ccccc1/C(C#N)=C1\C=CC(=NOS(=O)(=O)CC23CCC(CC2O)C3(C)C)S1. The monoisotopic (exact) mass is 458 g/mol. The maximum atomic E-state index is 12.8. The van der Waals surface area contributed by atoms with Crippen LogP contribution in [0.3, 0.4) is 0 Å². The zero-order valence-corrected chi connectivity index (χ0v) is 19.5. The number of hydrogen-bond donors (Lipinski definition) is 1. The summed E-state index contributed by atoms with van der Waals surface area (Å²) in [5.74, 6) is 0.0847. The average Bonchev–Trinajstić information content (AvgIpc) is 3.32. The molecule has 0 radical (unpaired) electrons. The third-order valence-electron chi connectivity index (χ3n) is 7.43. The number of aliphatic hydroxyl groups excluding tert-OH is 1. The van der Waals surface area contributed by atoms with E-state index in [1.165, 1.54) is 11.8 Å². The van der Waals surface area contributed by atoms with Gasteiger partial charge in [-0.25, -0.2) is 0 Å². The van der Waals surface area contributed by atoms with Gasteiger partial charge in [0.1, 0.15) is 11.1 Å². The van der Waals surface area contributed by atoms with Crippen molar-refractivity contribution in [2.75, 3.05) is 5.75 Å². The van der Waals surface area contributed by atoms with Gasteiger partial charge in [0.05, 0.1) is 17.4 Å². The number of hydrogen-bond acceptors (Lipinski definition) is 7. The predicted octanol–water partition coefficient (Wildman–Crippen LogP) is 4.38.